The summed E-state index contributed by atoms with van der Waals surface area (Å²) < 4.78 is 0.764. The highest BCUT2D eigenvalue weighted by molar-refractivity contribution is 5.14. The van der Waals surface area contributed by atoms with Crippen LogP contribution in [-0.2, 0) is 0 Å². The predicted molar refractivity (Wildman–Crippen MR) is 49.0 cm³/mol. The maximum absolute atomic E-state index is 10.3. The summed E-state index contributed by atoms with van der Waals surface area (Å²) in [5.41, 5.74) is 0. The molecule has 0 bridgehead atoms. The zero-order chi connectivity index (χ0) is 8.53. The number of hydroxylamine groups is 1. The van der Waals surface area contributed by atoms with Crippen LogP contribution in [0.4, 0.5) is 0 Å². The summed E-state index contributed by atoms with van der Waals surface area (Å²) in [6, 6.07) is 0. The van der Waals surface area contributed by atoms with Crippen LogP contribution in [-0.4, -0.2) is 18.0 Å². The van der Waals surface area contributed by atoms with Gasteiger partial charge < -0.3 is 5.21 Å². The summed E-state index contributed by atoms with van der Waals surface area (Å²) in [6.45, 7) is 6.04. The lowest BCUT2D eigenvalue weighted by molar-refractivity contribution is -0.449. The molecule has 0 aromatic rings. The molecule has 0 rings (SSSR count). The summed E-state index contributed by atoms with van der Waals surface area (Å²) >= 11 is 0. The van der Waals surface area contributed by atoms with E-state index >= 15 is 0 Å². The number of hydrogen-bond acceptors (Lipinski definition) is 1. The standard InChI is InChI=1S/C9H19NO/c1-3-4-5-6-7-8-9-10(2)11/h2-9H2,1H3. The summed E-state index contributed by atoms with van der Waals surface area (Å²) in [5.74, 6) is 0. The van der Waals surface area contributed by atoms with E-state index < -0.39 is 0 Å². The van der Waals surface area contributed by atoms with Crippen molar-refractivity contribution < 1.29 is 4.74 Å². The normalized spacial score (nSPS) is 9.91. The predicted octanol–water partition coefficient (Wildman–Crippen LogP) is 2.56. The molecule has 0 spiro atoms. The highest BCUT2D eigenvalue weighted by Crippen LogP contribution is 2.04. The molecule has 0 saturated heterocycles. The largest absolute Gasteiger partial charge is 0.624 e. The molecular formula is C9H19NO. The molecule has 0 aliphatic heterocycles. The Balaban J connectivity index is 2.85. The van der Waals surface area contributed by atoms with Gasteiger partial charge in [-0.2, -0.15) is 0 Å². The van der Waals surface area contributed by atoms with Gasteiger partial charge in [0.05, 0.1) is 0 Å². The number of hydrogen-bond donors (Lipinski definition) is 0. The minimum absolute atomic E-state index is 0.589. The molecule has 0 aromatic heterocycles. The first kappa shape index (κ1) is 10.5. The maximum atomic E-state index is 10.3. The Morgan fingerprint density at radius 2 is 1.64 bits per heavy atom. The maximum Gasteiger partial charge on any atom is 0.152 e. The molecule has 0 unspecified atom stereocenters. The Hall–Kier alpha value is -0.530. The SMILES string of the molecule is C=[N+]([O-])CCCCCCCC. The number of rotatable bonds is 7. The molecule has 0 aliphatic rings. The first-order valence-corrected chi connectivity index (χ1v) is 4.52. The van der Waals surface area contributed by atoms with Gasteiger partial charge in [0.1, 0.15) is 6.72 Å². The zero-order valence-corrected chi connectivity index (χ0v) is 7.51. The van der Waals surface area contributed by atoms with Crippen molar-refractivity contribution in [2.24, 2.45) is 0 Å². The molecule has 0 amide bonds. The average molecular weight is 157 g/mol. The van der Waals surface area contributed by atoms with Gasteiger partial charge in [-0.15, -0.1) is 0 Å². The number of nitrogens with zero attached hydrogens (tertiary/aromatic N) is 1. The van der Waals surface area contributed by atoms with Crippen LogP contribution in [0.15, 0.2) is 0 Å². The van der Waals surface area contributed by atoms with E-state index in [-0.39, 0.29) is 0 Å². The van der Waals surface area contributed by atoms with Crippen LogP contribution < -0.4 is 0 Å². The molecular weight excluding hydrogens is 138 g/mol. The topological polar surface area (TPSA) is 26.1 Å². The fourth-order valence-electron chi connectivity index (χ4n) is 1.07. The Labute approximate surface area is 69.5 Å². The van der Waals surface area contributed by atoms with E-state index in [1.165, 1.54) is 32.1 Å². The van der Waals surface area contributed by atoms with Gasteiger partial charge in [-0.1, -0.05) is 32.6 Å². The first-order chi connectivity index (χ1) is 5.27. The monoisotopic (exact) mass is 157 g/mol. The van der Waals surface area contributed by atoms with Crippen LogP contribution in [0.3, 0.4) is 0 Å². The summed E-state index contributed by atoms with van der Waals surface area (Å²) in [4.78, 5) is 0. The lowest BCUT2D eigenvalue weighted by atomic mass is 10.1. The van der Waals surface area contributed by atoms with Crippen molar-refractivity contribution in [3.05, 3.63) is 5.21 Å². The van der Waals surface area contributed by atoms with Crippen LogP contribution in [0.5, 0.6) is 0 Å². The van der Waals surface area contributed by atoms with Crippen molar-refractivity contribution >= 4 is 6.72 Å². The van der Waals surface area contributed by atoms with Crippen molar-refractivity contribution in [3.8, 4) is 0 Å². The van der Waals surface area contributed by atoms with E-state index in [1.807, 2.05) is 0 Å². The Morgan fingerprint density at radius 3 is 2.18 bits per heavy atom. The molecule has 2 heteroatoms. The zero-order valence-electron chi connectivity index (χ0n) is 7.51. The Morgan fingerprint density at radius 1 is 1.09 bits per heavy atom. The average Bonchev–Trinajstić information content (AvgIpc) is 1.96. The van der Waals surface area contributed by atoms with Crippen LogP contribution in [0.2, 0.25) is 0 Å². The van der Waals surface area contributed by atoms with Gasteiger partial charge in [0.15, 0.2) is 6.54 Å². The molecule has 0 aromatic carbocycles. The lowest BCUT2D eigenvalue weighted by Crippen LogP contribution is -2.01. The second kappa shape index (κ2) is 7.58. The van der Waals surface area contributed by atoms with Gasteiger partial charge in [-0.05, 0) is 6.42 Å². The molecule has 0 fully saturated rings. The summed E-state index contributed by atoms with van der Waals surface area (Å²) in [5, 5.41) is 10.3. The fraction of sp³-hybridized carbons (Fsp3) is 0.889. The van der Waals surface area contributed by atoms with Gasteiger partial charge in [0.25, 0.3) is 0 Å². The molecule has 0 aliphatic carbocycles. The van der Waals surface area contributed by atoms with Crippen LogP contribution in [0.25, 0.3) is 0 Å². The van der Waals surface area contributed by atoms with E-state index in [1.54, 1.807) is 0 Å². The molecule has 0 atom stereocenters. The highest BCUT2D eigenvalue weighted by Gasteiger charge is 1.91. The second-order valence-electron chi connectivity index (χ2n) is 2.97. The smallest absolute Gasteiger partial charge is 0.152 e. The van der Waals surface area contributed by atoms with E-state index in [0.717, 1.165) is 11.2 Å². The minimum Gasteiger partial charge on any atom is -0.624 e. The Bertz CT molecular complexity index is 102. The van der Waals surface area contributed by atoms with Gasteiger partial charge in [-0.25, -0.2) is 4.74 Å². The van der Waals surface area contributed by atoms with Gasteiger partial charge in [0, 0.05) is 6.42 Å². The quantitative estimate of drug-likeness (QED) is 0.183. The lowest BCUT2D eigenvalue weighted by Gasteiger charge is -2.00. The van der Waals surface area contributed by atoms with E-state index in [0.29, 0.717) is 6.54 Å². The fourth-order valence-corrected chi connectivity index (χ4v) is 1.07. The van der Waals surface area contributed by atoms with E-state index in [2.05, 4.69) is 13.6 Å². The molecule has 0 radical (unpaired) electrons. The first-order valence-electron chi connectivity index (χ1n) is 4.52. The van der Waals surface area contributed by atoms with Crippen LogP contribution >= 0.6 is 0 Å². The van der Waals surface area contributed by atoms with Crippen molar-refractivity contribution in [1.82, 2.24) is 0 Å². The van der Waals surface area contributed by atoms with Crippen molar-refractivity contribution in [1.29, 1.82) is 0 Å². The highest BCUT2D eigenvalue weighted by atomic mass is 16.5. The van der Waals surface area contributed by atoms with Crippen LogP contribution in [0.1, 0.15) is 45.4 Å². The Kier molecular flexibility index (Phi) is 7.21. The molecule has 66 valence electrons. The van der Waals surface area contributed by atoms with Gasteiger partial charge >= 0.3 is 0 Å². The van der Waals surface area contributed by atoms with Gasteiger partial charge in [0.2, 0.25) is 0 Å². The third kappa shape index (κ3) is 9.47. The third-order valence-electron chi connectivity index (χ3n) is 1.76. The van der Waals surface area contributed by atoms with Crippen molar-refractivity contribution in [3.63, 3.8) is 0 Å². The second-order valence-corrected chi connectivity index (χ2v) is 2.97. The molecule has 11 heavy (non-hydrogen) atoms. The summed E-state index contributed by atoms with van der Waals surface area (Å²) in [6.07, 6.45) is 7.35. The summed E-state index contributed by atoms with van der Waals surface area (Å²) in [7, 11) is 0. The van der Waals surface area contributed by atoms with Gasteiger partial charge in [-0.3, -0.25) is 0 Å². The minimum atomic E-state index is 0.589. The van der Waals surface area contributed by atoms with Crippen molar-refractivity contribution in [2.45, 2.75) is 45.4 Å². The molecule has 2 nitrogen and oxygen atoms in total. The van der Waals surface area contributed by atoms with Crippen molar-refractivity contribution in [2.75, 3.05) is 6.54 Å². The van der Waals surface area contributed by atoms with E-state index in [9.17, 15) is 5.21 Å². The molecule has 0 heterocycles. The number of unbranched alkanes of at least 4 members (excludes halogenated alkanes) is 5. The van der Waals surface area contributed by atoms with Crippen LogP contribution in [0, 0.1) is 5.21 Å². The third-order valence-corrected chi connectivity index (χ3v) is 1.76. The van der Waals surface area contributed by atoms with E-state index in [4.69, 9.17) is 0 Å². The molecule has 0 N–H and O–H groups in total. The molecule has 0 saturated carbocycles.